The fraction of sp³-hybridized carbons (Fsp3) is 0.391. The second-order valence-corrected chi connectivity index (χ2v) is 9.42. The molecule has 1 aliphatic heterocycles. The Kier molecular flexibility index (Phi) is 6.47. The zero-order valence-corrected chi connectivity index (χ0v) is 19.3. The van der Waals surface area contributed by atoms with E-state index in [2.05, 4.69) is 20.3 Å². The standard InChI is InChI=1S/C23H24F3N5OS/c1-4-20-27-11-15-9-19(14(3)28-21(15)30-20)18-10-16(6-5-13(18)2)29-22(32)31-8-7-17(12-31)33-23(24,25)26/h5-6,9-11,17H,4,7-8,12H2,1-3H3,(H,29,32)/t17-/m0/s1. The van der Waals surface area contributed by atoms with Crippen LogP contribution in [0.3, 0.4) is 0 Å². The van der Waals surface area contributed by atoms with Gasteiger partial charge < -0.3 is 10.2 Å². The van der Waals surface area contributed by atoms with E-state index >= 15 is 0 Å². The Balaban J connectivity index is 1.55. The predicted octanol–water partition coefficient (Wildman–Crippen LogP) is 5.73. The Morgan fingerprint density at radius 2 is 2.00 bits per heavy atom. The number of hydrogen-bond donors (Lipinski definition) is 1. The molecule has 2 amide bonds. The minimum atomic E-state index is -4.29. The first-order valence-corrected chi connectivity index (χ1v) is 11.6. The van der Waals surface area contributed by atoms with Crippen molar-refractivity contribution < 1.29 is 18.0 Å². The molecule has 4 rings (SSSR count). The number of rotatable bonds is 4. The Morgan fingerprint density at radius 1 is 1.21 bits per heavy atom. The number of nitrogens with zero attached hydrogens (tertiary/aromatic N) is 4. The highest BCUT2D eigenvalue weighted by atomic mass is 32.2. The number of likely N-dealkylation sites (tertiary alicyclic amines) is 1. The lowest BCUT2D eigenvalue weighted by Crippen LogP contribution is -2.33. The molecule has 10 heteroatoms. The first-order valence-electron chi connectivity index (χ1n) is 10.7. The number of benzene rings is 1. The van der Waals surface area contributed by atoms with Crippen LogP contribution < -0.4 is 5.32 Å². The molecule has 174 valence electrons. The number of hydrogen-bond acceptors (Lipinski definition) is 5. The van der Waals surface area contributed by atoms with E-state index in [0.717, 1.165) is 40.0 Å². The van der Waals surface area contributed by atoms with Crippen LogP contribution in [0.5, 0.6) is 0 Å². The summed E-state index contributed by atoms with van der Waals surface area (Å²) >= 11 is -0.0407. The fourth-order valence-corrected chi connectivity index (χ4v) is 4.78. The summed E-state index contributed by atoms with van der Waals surface area (Å²) in [5, 5.41) is 3.02. The number of amides is 2. The molecule has 2 aromatic heterocycles. The fourth-order valence-electron chi connectivity index (χ4n) is 3.92. The minimum Gasteiger partial charge on any atom is -0.323 e. The van der Waals surface area contributed by atoms with Gasteiger partial charge in [0.1, 0.15) is 5.82 Å². The van der Waals surface area contributed by atoms with Gasteiger partial charge in [0, 0.05) is 53.3 Å². The topological polar surface area (TPSA) is 71.0 Å². The van der Waals surface area contributed by atoms with Crippen LogP contribution in [-0.2, 0) is 6.42 Å². The van der Waals surface area contributed by atoms with Gasteiger partial charge in [-0.15, -0.1) is 0 Å². The highest BCUT2D eigenvalue weighted by molar-refractivity contribution is 8.00. The molecule has 1 aliphatic rings. The van der Waals surface area contributed by atoms with Crippen molar-refractivity contribution in [2.24, 2.45) is 0 Å². The monoisotopic (exact) mass is 475 g/mol. The number of aromatic nitrogens is 3. The molecule has 3 heterocycles. The number of aryl methyl sites for hydroxylation is 3. The maximum atomic E-state index is 12.7. The summed E-state index contributed by atoms with van der Waals surface area (Å²) in [6.07, 6.45) is 2.81. The maximum Gasteiger partial charge on any atom is 0.442 e. The summed E-state index contributed by atoms with van der Waals surface area (Å²) in [5.74, 6) is 0.737. The van der Waals surface area contributed by atoms with Gasteiger partial charge in [0.05, 0.1) is 0 Å². The van der Waals surface area contributed by atoms with Gasteiger partial charge >= 0.3 is 11.5 Å². The van der Waals surface area contributed by atoms with E-state index in [1.807, 2.05) is 39.0 Å². The number of pyridine rings is 1. The normalized spacial score (nSPS) is 16.4. The molecule has 0 aliphatic carbocycles. The van der Waals surface area contributed by atoms with Crippen molar-refractivity contribution in [3.63, 3.8) is 0 Å². The summed E-state index contributed by atoms with van der Waals surface area (Å²) in [4.78, 5) is 27.6. The number of nitrogens with one attached hydrogen (secondary N) is 1. The number of urea groups is 1. The Labute approximate surface area is 194 Å². The van der Waals surface area contributed by atoms with E-state index < -0.39 is 16.8 Å². The molecule has 3 aromatic rings. The van der Waals surface area contributed by atoms with Crippen LogP contribution in [0.25, 0.3) is 22.2 Å². The van der Waals surface area contributed by atoms with Crippen molar-refractivity contribution in [3.8, 4) is 11.1 Å². The molecule has 0 unspecified atom stereocenters. The van der Waals surface area contributed by atoms with Gasteiger partial charge in [0.25, 0.3) is 0 Å². The lowest BCUT2D eigenvalue weighted by molar-refractivity contribution is -0.0333. The maximum absolute atomic E-state index is 12.7. The molecule has 1 N–H and O–H groups in total. The van der Waals surface area contributed by atoms with Crippen molar-refractivity contribution >= 4 is 34.5 Å². The number of alkyl halides is 3. The zero-order valence-electron chi connectivity index (χ0n) is 18.5. The van der Waals surface area contributed by atoms with Crippen LogP contribution in [0.4, 0.5) is 23.7 Å². The predicted molar refractivity (Wildman–Crippen MR) is 124 cm³/mol. The van der Waals surface area contributed by atoms with Crippen molar-refractivity contribution in [2.45, 2.75) is 44.4 Å². The van der Waals surface area contributed by atoms with Gasteiger partial charge in [-0.2, -0.15) is 13.2 Å². The summed E-state index contributed by atoms with van der Waals surface area (Å²) in [6.45, 7) is 6.24. The highest BCUT2D eigenvalue weighted by Crippen LogP contribution is 2.38. The molecule has 1 aromatic carbocycles. The van der Waals surface area contributed by atoms with Gasteiger partial charge in [-0.3, -0.25) is 0 Å². The third-order valence-corrected chi connectivity index (χ3v) is 6.62. The third-order valence-electron chi connectivity index (χ3n) is 5.64. The smallest absolute Gasteiger partial charge is 0.323 e. The number of thioether (sulfide) groups is 1. The SMILES string of the molecule is CCc1ncc2cc(-c3cc(NC(=O)N4CC[C@H](SC(F)(F)F)C4)ccc3C)c(C)nc2n1. The molecule has 1 atom stereocenters. The molecule has 0 bridgehead atoms. The molecular formula is C23H24F3N5OS. The zero-order chi connectivity index (χ0) is 23.8. The molecule has 33 heavy (non-hydrogen) atoms. The number of carbonyl (C=O) groups is 1. The van der Waals surface area contributed by atoms with Crippen molar-refractivity contribution in [3.05, 3.63) is 47.5 Å². The number of halogens is 3. The van der Waals surface area contributed by atoms with E-state index in [-0.39, 0.29) is 18.3 Å². The summed E-state index contributed by atoms with van der Waals surface area (Å²) in [5.41, 5.74) is 0.554. The molecule has 1 fully saturated rings. The quantitative estimate of drug-likeness (QED) is 0.522. The van der Waals surface area contributed by atoms with Crippen LogP contribution in [-0.4, -0.2) is 49.7 Å². The molecule has 0 spiro atoms. The second-order valence-electron chi connectivity index (χ2n) is 8.05. The van der Waals surface area contributed by atoms with Crippen LogP contribution in [0, 0.1) is 13.8 Å². The van der Waals surface area contributed by atoms with Crippen LogP contribution in [0.1, 0.15) is 30.4 Å². The Bertz CT molecular complexity index is 1200. The Morgan fingerprint density at radius 3 is 2.73 bits per heavy atom. The van der Waals surface area contributed by atoms with Crippen LogP contribution >= 0.6 is 11.8 Å². The lowest BCUT2D eigenvalue weighted by Gasteiger charge is -2.19. The van der Waals surface area contributed by atoms with Gasteiger partial charge in [0.15, 0.2) is 5.65 Å². The summed E-state index contributed by atoms with van der Waals surface area (Å²) in [7, 11) is 0. The van der Waals surface area contributed by atoms with E-state index in [4.69, 9.17) is 0 Å². The largest absolute Gasteiger partial charge is 0.442 e. The number of anilines is 1. The number of fused-ring (bicyclic) bond motifs is 1. The van der Waals surface area contributed by atoms with E-state index in [0.29, 0.717) is 24.3 Å². The van der Waals surface area contributed by atoms with Gasteiger partial charge in [-0.25, -0.2) is 19.7 Å². The van der Waals surface area contributed by atoms with E-state index in [1.165, 1.54) is 4.90 Å². The lowest BCUT2D eigenvalue weighted by atomic mass is 9.98. The van der Waals surface area contributed by atoms with Crippen molar-refractivity contribution in [1.82, 2.24) is 19.9 Å². The van der Waals surface area contributed by atoms with Gasteiger partial charge in [-0.1, -0.05) is 13.0 Å². The second kappa shape index (κ2) is 9.17. The molecule has 1 saturated heterocycles. The van der Waals surface area contributed by atoms with E-state index in [9.17, 15) is 18.0 Å². The highest BCUT2D eigenvalue weighted by Gasteiger charge is 2.37. The summed E-state index contributed by atoms with van der Waals surface area (Å²) < 4.78 is 37.9. The molecular weight excluding hydrogens is 451 g/mol. The Hall–Kier alpha value is -2.88. The molecule has 0 saturated carbocycles. The van der Waals surface area contributed by atoms with Crippen molar-refractivity contribution in [1.29, 1.82) is 0 Å². The van der Waals surface area contributed by atoms with Crippen molar-refractivity contribution in [2.75, 3.05) is 18.4 Å². The number of carbonyl (C=O) groups excluding carboxylic acids is 1. The first-order chi connectivity index (χ1) is 15.6. The average molecular weight is 476 g/mol. The van der Waals surface area contributed by atoms with Gasteiger partial charge in [-0.05, 0) is 61.4 Å². The van der Waals surface area contributed by atoms with Crippen LogP contribution in [0.15, 0.2) is 30.5 Å². The molecule has 6 nitrogen and oxygen atoms in total. The first kappa shape index (κ1) is 23.3. The molecule has 0 radical (unpaired) electrons. The summed E-state index contributed by atoms with van der Waals surface area (Å²) in [6, 6.07) is 7.14. The van der Waals surface area contributed by atoms with E-state index in [1.54, 1.807) is 12.3 Å². The third kappa shape index (κ3) is 5.38. The van der Waals surface area contributed by atoms with Gasteiger partial charge in [0.2, 0.25) is 0 Å². The van der Waals surface area contributed by atoms with Crippen LogP contribution in [0.2, 0.25) is 0 Å². The average Bonchev–Trinajstić information content (AvgIpc) is 3.21. The minimum absolute atomic E-state index is 0.0407.